The highest BCUT2D eigenvalue weighted by Gasteiger charge is 2.20. The number of carbonyl (C=O) groups excluding carboxylic acids is 1. The molecule has 0 aliphatic heterocycles. The van der Waals surface area contributed by atoms with E-state index in [-0.39, 0.29) is 24.1 Å². The Hall–Kier alpha value is -4.16. The number of rotatable bonds is 10. The average Bonchev–Trinajstić information content (AvgIpc) is 2.95. The van der Waals surface area contributed by atoms with Gasteiger partial charge in [-0.2, -0.15) is 0 Å². The second kappa shape index (κ2) is 13.3. The number of halogens is 3. The van der Waals surface area contributed by atoms with Crippen LogP contribution in [0.1, 0.15) is 47.3 Å². The van der Waals surface area contributed by atoms with Gasteiger partial charge < -0.3 is 16.0 Å². The van der Waals surface area contributed by atoms with Crippen LogP contribution >= 0.6 is 11.6 Å². The lowest BCUT2D eigenvalue weighted by Crippen LogP contribution is -2.24. The maximum atomic E-state index is 13.7. The van der Waals surface area contributed by atoms with Crippen LogP contribution in [0.3, 0.4) is 0 Å². The number of nitrogen functional groups attached to an aromatic ring is 1. The molecule has 40 heavy (non-hydrogen) atoms. The Morgan fingerprint density at radius 1 is 0.850 bits per heavy atom. The van der Waals surface area contributed by atoms with E-state index in [2.05, 4.69) is 10.2 Å². The molecule has 0 radical (unpaired) electrons. The zero-order chi connectivity index (χ0) is 28.6. The van der Waals surface area contributed by atoms with Gasteiger partial charge in [-0.15, -0.1) is 11.6 Å². The van der Waals surface area contributed by atoms with Gasteiger partial charge in [-0.25, -0.2) is 8.78 Å². The molecule has 3 N–H and O–H groups in total. The minimum atomic E-state index is -0.326. The molecule has 4 rings (SSSR count). The number of hydrogen-bond donors (Lipinski definition) is 2. The number of nitrogens with zero attached hydrogens (tertiary/aromatic N) is 1. The molecular weight excluding hydrogens is 528 g/mol. The van der Waals surface area contributed by atoms with E-state index < -0.39 is 0 Å². The average molecular weight is 560 g/mol. The fourth-order valence-corrected chi connectivity index (χ4v) is 4.79. The molecule has 1 amide bonds. The summed E-state index contributed by atoms with van der Waals surface area (Å²) in [4.78, 5) is 15.0. The molecule has 4 aromatic carbocycles. The number of amides is 1. The highest BCUT2D eigenvalue weighted by atomic mass is 35.5. The molecule has 0 fully saturated rings. The third-order valence-electron chi connectivity index (χ3n) is 6.56. The van der Waals surface area contributed by atoms with Gasteiger partial charge in [0.1, 0.15) is 11.6 Å². The number of allylic oxidation sites excluding steroid dienone is 1. The van der Waals surface area contributed by atoms with Crippen molar-refractivity contribution in [1.29, 1.82) is 0 Å². The van der Waals surface area contributed by atoms with E-state index in [0.717, 1.165) is 39.2 Å². The molecule has 0 spiro atoms. The first-order valence-electron chi connectivity index (χ1n) is 13.1. The van der Waals surface area contributed by atoms with Crippen molar-refractivity contribution in [2.45, 2.75) is 26.8 Å². The summed E-state index contributed by atoms with van der Waals surface area (Å²) in [6.45, 7) is 4.93. The molecule has 0 saturated carbocycles. The van der Waals surface area contributed by atoms with Crippen LogP contribution < -0.4 is 16.0 Å². The number of para-hydroxylation sites is 1. The van der Waals surface area contributed by atoms with Gasteiger partial charge in [0, 0.05) is 35.8 Å². The van der Waals surface area contributed by atoms with Crippen LogP contribution in [-0.4, -0.2) is 18.3 Å². The van der Waals surface area contributed by atoms with Gasteiger partial charge in [0.2, 0.25) is 0 Å². The van der Waals surface area contributed by atoms with E-state index in [4.69, 9.17) is 17.3 Å². The number of carbonyl (C=O) groups is 1. The molecular formula is C33H32ClF2N3O. The third-order valence-corrected chi connectivity index (χ3v) is 6.83. The Kier molecular flexibility index (Phi) is 9.56. The predicted octanol–water partition coefficient (Wildman–Crippen LogP) is 8.09. The lowest BCUT2D eigenvalue weighted by molar-refractivity contribution is 0.0951. The minimum Gasteiger partial charge on any atom is -0.397 e. The van der Waals surface area contributed by atoms with E-state index in [1.165, 1.54) is 24.3 Å². The largest absolute Gasteiger partial charge is 0.397 e. The highest BCUT2D eigenvalue weighted by molar-refractivity contribution is 6.17. The van der Waals surface area contributed by atoms with Gasteiger partial charge in [-0.1, -0.05) is 48.0 Å². The summed E-state index contributed by atoms with van der Waals surface area (Å²) in [7, 11) is 0. The van der Waals surface area contributed by atoms with Gasteiger partial charge in [0.15, 0.2) is 0 Å². The topological polar surface area (TPSA) is 58.4 Å². The Morgan fingerprint density at radius 2 is 1.48 bits per heavy atom. The summed E-state index contributed by atoms with van der Waals surface area (Å²) in [5, 5.41) is 2.85. The van der Waals surface area contributed by atoms with Crippen molar-refractivity contribution in [2.75, 3.05) is 23.1 Å². The van der Waals surface area contributed by atoms with Crippen molar-refractivity contribution >= 4 is 40.1 Å². The summed E-state index contributed by atoms with van der Waals surface area (Å²) < 4.78 is 26.9. The molecule has 4 nitrogen and oxygen atoms in total. The zero-order valence-corrected chi connectivity index (χ0v) is 23.3. The lowest BCUT2D eigenvalue weighted by Gasteiger charge is -2.29. The Labute approximate surface area is 239 Å². The van der Waals surface area contributed by atoms with Crippen LogP contribution in [0.15, 0.2) is 96.6 Å². The van der Waals surface area contributed by atoms with Crippen molar-refractivity contribution in [3.8, 4) is 0 Å². The van der Waals surface area contributed by atoms with Crippen molar-refractivity contribution in [3.63, 3.8) is 0 Å². The summed E-state index contributed by atoms with van der Waals surface area (Å²) in [6, 6.07) is 25.7. The number of anilines is 3. The van der Waals surface area contributed by atoms with Crippen LogP contribution in [0.5, 0.6) is 0 Å². The minimum absolute atomic E-state index is 0.269. The van der Waals surface area contributed by atoms with Gasteiger partial charge in [0.25, 0.3) is 5.91 Å². The first-order valence-corrected chi connectivity index (χ1v) is 13.6. The van der Waals surface area contributed by atoms with Crippen molar-refractivity contribution in [2.24, 2.45) is 0 Å². The molecule has 4 aromatic rings. The van der Waals surface area contributed by atoms with E-state index in [1.807, 2.05) is 44.2 Å². The summed E-state index contributed by atoms with van der Waals surface area (Å²) in [5.74, 6) is -0.425. The Morgan fingerprint density at radius 3 is 2.10 bits per heavy atom. The van der Waals surface area contributed by atoms with Crippen LogP contribution in [0.25, 0.3) is 5.57 Å². The van der Waals surface area contributed by atoms with Crippen molar-refractivity contribution < 1.29 is 13.6 Å². The first-order chi connectivity index (χ1) is 19.3. The van der Waals surface area contributed by atoms with Crippen LogP contribution in [0, 0.1) is 11.6 Å². The van der Waals surface area contributed by atoms with Crippen LogP contribution in [0.2, 0.25) is 0 Å². The molecule has 0 aliphatic rings. The summed E-state index contributed by atoms with van der Waals surface area (Å²) in [5.41, 5.74) is 13.9. The van der Waals surface area contributed by atoms with E-state index >= 15 is 0 Å². The van der Waals surface area contributed by atoms with Crippen molar-refractivity contribution in [1.82, 2.24) is 5.32 Å². The predicted molar refractivity (Wildman–Crippen MR) is 161 cm³/mol. The smallest absolute Gasteiger partial charge is 0.251 e. The molecule has 0 aliphatic carbocycles. The van der Waals surface area contributed by atoms with Gasteiger partial charge in [-0.05, 0) is 85.5 Å². The lowest BCUT2D eigenvalue weighted by atomic mass is 9.92. The Balaban J connectivity index is 1.68. The number of hydrogen-bond acceptors (Lipinski definition) is 3. The standard InChI is InChI=1S/C33H32ClF2N3O/c1-22(2)32(24-10-15-27(36)16-11-24)28-6-3-4-7-30(28)39(19-5-18-34)31-17-12-25(20-29(31)37)33(40)38-21-23-8-13-26(35)14-9-23/h3-4,6-17,20H,5,18-19,21,37H2,1-2H3,(H,38,40). The second-order valence-electron chi connectivity index (χ2n) is 9.68. The van der Waals surface area contributed by atoms with Gasteiger partial charge in [-0.3, -0.25) is 4.79 Å². The molecule has 0 unspecified atom stereocenters. The fraction of sp³-hybridized carbons (Fsp3) is 0.182. The molecule has 0 aromatic heterocycles. The maximum absolute atomic E-state index is 13.7. The van der Waals surface area contributed by atoms with Crippen molar-refractivity contribution in [3.05, 3.63) is 130 Å². The van der Waals surface area contributed by atoms with E-state index in [1.54, 1.807) is 36.4 Å². The normalized spacial score (nSPS) is 10.7. The number of nitrogens with one attached hydrogen (secondary N) is 1. The zero-order valence-electron chi connectivity index (χ0n) is 22.6. The van der Waals surface area contributed by atoms with Gasteiger partial charge in [0.05, 0.1) is 11.4 Å². The fourth-order valence-electron chi connectivity index (χ4n) is 4.67. The number of benzene rings is 4. The van der Waals surface area contributed by atoms with Crippen LogP contribution in [-0.2, 0) is 6.54 Å². The molecule has 0 atom stereocenters. The van der Waals surface area contributed by atoms with E-state index in [9.17, 15) is 13.6 Å². The quantitative estimate of drug-likeness (QED) is 0.152. The molecule has 206 valence electrons. The number of nitrogens with two attached hydrogens (primary N) is 1. The maximum Gasteiger partial charge on any atom is 0.251 e. The second-order valence-corrected chi connectivity index (χ2v) is 10.1. The third kappa shape index (κ3) is 6.88. The SMILES string of the molecule is CC(C)=C(c1ccc(F)cc1)c1ccccc1N(CCCCl)c1ccc(C(=O)NCc2ccc(F)cc2)cc1N. The molecule has 7 heteroatoms. The highest BCUT2D eigenvalue weighted by Crippen LogP contribution is 2.39. The van der Waals surface area contributed by atoms with Crippen LogP contribution in [0.4, 0.5) is 25.8 Å². The van der Waals surface area contributed by atoms with E-state index in [0.29, 0.717) is 30.1 Å². The molecule has 0 heterocycles. The molecule has 0 saturated heterocycles. The molecule has 0 bridgehead atoms. The first kappa shape index (κ1) is 28.8. The summed E-state index contributed by atoms with van der Waals surface area (Å²) in [6.07, 6.45) is 0.704. The number of alkyl halides is 1. The Bertz CT molecular complexity index is 1500. The summed E-state index contributed by atoms with van der Waals surface area (Å²) >= 11 is 6.11. The monoisotopic (exact) mass is 559 g/mol. The van der Waals surface area contributed by atoms with Gasteiger partial charge >= 0.3 is 0 Å².